The number of rotatable bonds is 7. The zero-order valence-corrected chi connectivity index (χ0v) is 16.9. The van der Waals surface area contributed by atoms with E-state index in [1.54, 1.807) is 84.9 Å². The molecule has 0 aliphatic carbocycles. The van der Waals surface area contributed by atoms with Gasteiger partial charge in [0.05, 0.1) is 5.69 Å². The largest absolute Gasteiger partial charge is 0.476 e. The first-order chi connectivity index (χ1) is 14.5. The van der Waals surface area contributed by atoms with E-state index in [2.05, 4.69) is 6.58 Å². The van der Waals surface area contributed by atoms with Gasteiger partial charge in [-0.3, -0.25) is 4.79 Å². The summed E-state index contributed by atoms with van der Waals surface area (Å²) in [6, 6.07) is 23.2. The monoisotopic (exact) mass is 421 g/mol. The van der Waals surface area contributed by atoms with Crippen LogP contribution in [0.1, 0.15) is 5.56 Å². The van der Waals surface area contributed by atoms with Crippen LogP contribution in [0, 0.1) is 0 Å². The van der Waals surface area contributed by atoms with Crippen LogP contribution in [-0.4, -0.2) is 17.6 Å². The standard InChI is InChI=1S/C23H20NO5P/c1-2-17-24-21-16-10-9-15-20(21)23(26,22(24)25)30(27,28-18-11-5-3-6-12-18)29-19-13-7-4-8-14-19/h2-16,26H,1,17H2. The fourth-order valence-electron chi connectivity index (χ4n) is 3.38. The van der Waals surface area contributed by atoms with E-state index in [-0.39, 0.29) is 23.6 Å². The highest BCUT2D eigenvalue weighted by atomic mass is 31.2. The highest BCUT2D eigenvalue weighted by Gasteiger charge is 2.66. The van der Waals surface area contributed by atoms with Gasteiger partial charge < -0.3 is 19.1 Å². The molecule has 0 spiro atoms. The number of benzene rings is 3. The van der Waals surface area contributed by atoms with Crippen molar-refractivity contribution in [1.82, 2.24) is 0 Å². The van der Waals surface area contributed by atoms with Crippen molar-refractivity contribution in [2.75, 3.05) is 11.4 Å². The Hall–Kier alpha value is -3.34. The Morgan fingerprint density at radius 3 is 1.93 bits per heavy atom. The van der Waals surface area contributed by atoms with Gasteiger partial charge in [0.15, 0.2) is 0 Å². The van der Waals surface area contributed by atoms with Crippen LogP contribution in [-0.2, 0) is 14.7 Å². The van der Waals surface area contributed by atoms with Gasteiger partial charge in [0, 0.05) is 12.1 Å². The lowest BCUT2D eigenvalue weighted by atomic mass is 10.1. The van der Waals surface area contributed by atoms with E-state index in [0.717, 1.165) is 0 Å². The number of hydrogen-bond donors (Lipinski definition) is 1. The first-order valence-electron chi connectivity index (χ1n) is 9.34. The van der Waals surface area contributed by atoms with Gasteiger partial charge in [0.25, 0.3) is 11.2 Å². The third kappa shape index (κ3) is 3.20. The zero-order chi connectivity index (χ0) is 21.2. The van der Waals surface area contributed by atoms with Gasteiger partial charge in [-0.15, -0.1) is 6.58 Å². The van der Waals surface area contributed by atoms with Crippen LogP contribution in [0.5, 0.6) is 11.5 Å². The van der Waals surface area contributed by atoms with E-state index in [4.69, 9.17) is 9.05 Å². The Morgan fingerprint density at radius 1 is 0.900 bits per heavy atom. The quantitative estimate of drug-likeness (QED) is 0.442. The van der Waals surface area contributed by atoms with Crippen molar-refractivity contribution in [3.63, 3.8) is 0 Å². The minimum Gasteiger partial charge on any atom is -0.414 e. The molecule has 1 amide bonds. The highest BCUT2D eigenvalue weighted by Crippen LogP contribution is 2.66. The minimum atomic E-state index is -4.54. The molecule has 0 fully saturated rings. The molecule has 30 heavy (non-hydrogen) atoms. The molecule has 1 N–H and O–H groups in total. The number of aliphatic hydroxyl groups is 1. The van der Waals surface area contributed by atoms with E-state index in [1.165, 1.54) is 11.0 Å². The number of carbonyl (C=O) groups excluding carboxylic acids is 1. The lowest BCUT2D eigenvalue weighted by molar-refractivity contribution is -0.129. The summed E-state index contributed by atoms with van der Waals surface area (Å²) in [7, 11) is -4.54. The number of amides is 1. The molecule has 1 atom stereocenters. The number of anilines is 1. The Balaban J connectivity index is 1.88. The molecule has 3 aromatic carbocycles. The van der Waals surface area contributed by atoms with Crippen molar-refractivity contribution in [3.8, 4) is 11.5 Å². The second kappa shape index (κ2) is 7.82. The van der Waals surface area contributed by atoms with Gasteiger partial charge in [-0.25, -0.2) is 4.57 Å². The zero-order valence-electron chi connectivity index (χ0n) is 16.0. The first-order valence-corrected chi connectivity index (χ1v) is 10.9. The summed E-state index contributed by atoms with van der Waals surface area (Å²) in [6.45, 7) is 3.80. The fourth-order valence-corrected chi connectivity index (χ4v) is 5.32. The maximum Gasteiger partial charge on any atom is 0.476 e. The molecular formula is C23H20NO5P. The molecule has 3 aromatic rings. The molecule has 1 unspecified atom stereocenters. The van der Waals surface area contributed by atoms with Gasteiger partial charge in [-0.1, -0.05) is 60.7 Å². The lowest BCUT2D eigenvalue weighted by Crippen LogP contribution is -2.42. The van der Waals surface area contributed by atoms with E-state index in [1.807, 2.05) is 0 Å². The van der Waals surface area contributed by atoms with Crippen LogP contribution in [0.4, 0.5) is 5.69 Å². The van der Waals surface area contributed by atoms with Crippen LogP contribution in [0.25, 0.3) is 0 Å². The molecule has 0 bridgehead atoms. The lowest BCUT2D eigenvalue weighted by Gasteiger charge is -2.30. The number of para-hydroxylation sites is 3. The van der Waals surface area contributed by atoms with E-state index < -0.39 is 18.8 Å². The van der Waals surface area contributed by atoms with Crippen molar-refractivity contribution in [2.24, 2.45) is 0 Å². The van der Waals surface area contributed by atoms with Crippen molar-refractivity contribution in [1.29, 1.82) is 0 Å². The highest BCUT2D eigenvalue weighted by molar-refractivity contribution is 7.57. The normalized spacial score (nSPS) is 18.0. The molecular weight excluding hydrogens is 401 g/mol. The third-order valence-electron chi connectivity index (χ3n) is 4.76. The molecule has 6 nitrogen and oxygen atoms in total. The Labute approximate surface area is 174 Å². The predicted octanol–water partition coefficient (Wildman–Crippen LogP) is 4.72. The Kier molecular flexibility index (Phi) is 5.20. The van der Waals surface area contributed by atoms with Crippen LogP contribution in [0.15, 0.2) is 97.6 Å². The van der Waals surface area contributed by atoms with Gasteiger partial charge in [0.2, 0.25) is 0 Å². The summed E-state index contributed by atoms with van der Waals surface area (Å²) in [4.78, 5) is 14.7. The van der Waals surface area contributed by atoms with Gasteiger partial charge >= 0.3 is 7.60 Å². The average Bonchev–Trinajstić information content (AvgIpc) is 2.99. The number of carbonyl (C=O) groups is 1. The number of fused-ring (bicyclic) bond motifs is 1. The summed E-state index contributed by atoms with van der Waals surface area (Å²) >= 11 is 0. The SMILES string of the molecule is C=CCN1C(=O)C(O)(P(=O)(Oc2ccccc2)Oc2ccccc2)c2ccccc21. The second-order valence-electron chi connectivity index (χ2n) is 6.70. The molecule has 0 radical (unpaired) electrons. The van der Waals surface area contributed by atoms with Gasteiger partial charge in [-0.2, -0.15) is 0 Å². The van der Waals surface area contributed by atoms with Gasteiger partial charge in [-0.05, 0) is 30.3 Å². The second-order valence-corrected chi connectivity index (χ2v) is 8.71. The molecule has 1 aliphatic rings. The summed E-state index contributed by atoms with van der Waals surface area (Å²) < 4.78 is 25.7. The summed E-state index contributed by atoms with van der Waals surface area (Å²) in [5.74, 6) is -0.380. The summed E-state index contributed by atoms with van der Waals surface area (Å²) in [6.07, 6.45) is 1.53. The molecule has 0 saturated heterocycles. The third-order valence-corrected chi connectivity index (χ3v) is 6.89. The average molecular weight is 421 g/mol. The Bertz CT molecular complexity index is 1070. The number of hydrogen-bond acceptors (Lipinski definition) is 5. The fraction of sp³-hybridized carbons (Fsp3) is 0.0870. The summed E-state index contributed by atoms with van der Waals surface area (Å²) in [5, 5.41) is 9.18. The minimum absolute atomic E-state index is 0.134. The molecule has 0 aromatic heterocycles. The van der Waals surface area contributed by atoms with Crippen molar-refractivity contribution in [2.45, 2.75) is 5.34 Å². The molecule has 4 rings (SSSR count). The maximum atomic E-state index is 14.2. The maximum absolute atomic E-state index is 14.2. The van der Waals surface area contributed by atoms with Crippen LogP contribution in [0.2, 0.25) is 0 Å². The molecule has 0 saturated carbocycles. The van der Waals surface area contributed by atoms with E-state index in [9.17, 15) is 14.5 Å². The Morgan fingerprint density at radius 2 is 1.40 bits per heavy atom. The first kappa shape index (κ1) is 20.0. The smallest absolute Gasteiger partial charge is 0.414 e. The summed E-state index contributed by atoms with van der Waals surface area (Å²) in [5.41, 5.74) is 0.588. The van der Waals surface area contributed by atoms with E-state index in [0.29, 0.717) is 5.69 Å². The predicted molar refractivity (Wildman–Crippen MR) is 115 cm³/mol. The van der Waals surface area contributed by atoms with Crippen molar-refractivity contribution < 1.29 is 23.5 Å². The van der Waals surface area contributed by atoms with Crippen LogP contribution in [0.3, 0.4) is 0 Å². The molecule has 1 heterocycles. The van der Waals surface area contributed by atoms with Crippen LogP contribution < -0.4 is 13.9 Å². The van der Waals surface area contributed by atoms with Gasteiger partial charge in [0.1, 0.15) is 11.5 Å². The van der Waals surface area contributed by atoms with Crippen LogP contribution >= 0.6 is 7.60 Å². The molecule has 152 valence electrons. The molecule has 1 aliphatic heterocycles. The topological polar surface area (TPSA) is 76.1 Å². The number of nitrogens with zero attached hydrogens (tertiary/aromatic N) is 1. The molecule has 7 heteroatoms. The van der Waals surface area contributed by atoms with Crippen molar-refractivity contribution >= 4 is 19.2 Å². The van der Waals surface area contributed by atoms with Crippen molar-refractivity contribution in [3.05, 3.63) is 103 Å². The van der Waals surface area contributed by atoms with E-state index >= 15 is 0 Å².